The van der Waals surface area contributed by atoms with Crippen molar-refractivity contribution in [3.63, 3.8) is 0 Å². The lowest BCUT2D eigenvalue weighted by Crippen LogP contribution is -2.29. The number of halogens is 1. The highest BCUT2D eigenvalue weighted by Gasteiger charge is 2.33. The summed E-state index contributed by atoms with van der Waals surface area (Å²) >= 11 is 0. The standard InChI is InChI=1S/C18H19FN2O2/c19-15-7-3-1-5-13(15)12-9-10-21(11-12)18(22)17-14-6-2-4-8-16(14)20-23-17/h1,3,5,7,12H,2,4,6,8-11H2/t12-/m1/s1. The highest BCUT2D eigenvalue weighted by molar-refractivity contribution is 5.93. The van der Waals surface area contributed by atoms with E-state index in [0.29, 0.717) is 24.4 Å². The van der Waals surface area contributed by atoms with Crippen LogP contribution in [0.15, 0.2) is 28.8 Å². The van der Waals surface area contributed by atoms with Gasteiger partial charge in [-0.3, -0.25) is 4.79 Å². The zero-order valence-corrected chi connectivity index (χ0v) is 12.9. The number of carbonyl (C=O) groups is 1. The van der Waals surface area contributed by atoms with Gasteiger partial charge in [0.15, 0.2) is 0 Å². The maximum Gasteiger partial charge on any atom is 0.292 e. The number of aromatic nitrogens is 1. The third kappa shape index (κ3) is 2.54. The van der Waals surface area contributed by atoms with Gasteiger partial charge in [0.05, 0.1) is 5.69 Å². The van der Waals surface area contributed by atoms with Gasteiger partial charge in [0.2, 0.25) is 5.76 Å². The molecule has 1 saturated heterocycles. The van der Waals surface area contributed by atoms with Gasteiger partial charge in [-0.15, -0.1) is 0 Å². The molecule has 0 unspecified atom stereocenters. The molecule has 1 aliphatic heterocycles. The van der Waals surface area contributed by atoms with Crippen LogP contribution >= 0.6 is 0 Å². The maximum atomic E-state index is 13.9. The van der Waals surface area contributed by atoms with Crippen LogP contribution < -0.4 is 0 Å². The van der Waals surface area contributed by atoms with Crippen molar-refractivity contribution in [1.29, 1.82) is 0 Å². The van der Waals surface area contributed by atoms with E-state index in [-0.39, 0.29) is 17.6 Å². The number of fused-ring (bicyclic) bond motifs is 1. The van der Waals surface area contributed by atoms with E-state index in [1.54, 1.807) is 11.0 Å². The lowest BCUT2D eigenvalue weighted by molar-refractivity contribution is 0.0747. The number of carbonyl (C=O) groups excluding carboxylic acids is 1. The molecule has 2 aromatic rings. The fraction of sp³-hybridized carbons (Fsp3) is 0.444. The van der Waals surface area contributed by atoms with E-state index in [4.69, 9.17) is 4.52 Å². The molecule has 2 aliphatic rings. The van der Waals surface area contributed by atoms with Crippen molar-refractivity contribution < 1.29 is 13.7 Å². The summed E-state index contributed by atoms with van der Waals surface area (Å²) < 4.78 is 19.3. The Balaban J connectivity index is 1.53. The summed E-state index contributed by atoms with van der Waals surface area (Å²) in [6.07, 6.45) is 4.72. The van der Waals surface area contributed by atoms with E-state index < -0.39 is 0 Å². The molecule has 1 aromatic carbocycles. The minimum Gasteiger partial charge on any atom is -0.350 e. The lowest BCUT2D eigenvalue weighted by Gasteiger charge is -2.17. The first-order valence-electron chi connectivity index (χ1n) is 8.25. The highest BCUT2D eigenvalue weighted by Crippen LogP contribution is 2.31. The number of hydrogen-bond donors (Lipinski definition) is 0. The molecule has 0 radical (unpaired) electrons. The first kappa shape index (κ1) is 14.4. The number of amides is 1. The second kappa shape index (κ2) is 5.80. The molecule has 1 fully saturated rings. The van der Waals surface area contributed by atoms with Gasteiger partial charge in [0.1, 0.15) is 5.82 Å². The van der Waals surface area contributed by atoms with E-state index in [9.17, 15) is 9.18 Å². The Bertz CT molecular complexity index is 740. The molecule has 4 nitrogen and oxygen atoms in total. The van der Waals surface area contributed by atoms with Crippen LogP contribution in [-0.4, -0.2) is 29.1 Å². The number of likely N-dealkylation sites (tertiary alicyclic amines) is 1. The molecule has 0 saturated carbocycles. The van der Waals surface area contributed by atoms with Crippen LogP contribution in [0.1, 0.15) is 52.6 Å². The van der Waals surface area contributed by atoms with Gasteiger partial charge < -0.3 is 9.42 Å². The molecule has 1 amide bonds. The van der Waals surface area contributed by atoms with Crippen LogP contribution in [0.4, 0.5) is 4.39 Å². The van der Waals surface area contributed by atoms with Gasteiger partial charge in [-0.25, -0.2) is 4.39 Å². The summed E-state index contributed by atoms with van der Waals surface area (Å²) in [6, 6.07) is 6.82. The molecular formula is C18H19FN2O2. The average Bonchev–Trinajstić information content (AvgIpc) is 3.22. The molecule has 23 heavy (non-hydrogen) atoms. The summed E-state index contributed by atoms with van der Waals surface area (Å²) in [5, 5.41) is 4.06. The van der Waals surface area contributed by atoms with E-state index in [2.05, 4.69) is 5.16 Å². The number of hydrogen-bond acceptors (Lipinski definition) is 3. The molecule has 2 heterocycles. The Kier molecular flexibility index (Phi) is 3.63. The summed E-state index contributed by atoms with van der Waals surface area (Å²) in [6.45, 7) is 1.17. The fourth-order valence-corrected chi connectivity index (χ4v) is 3.71. The van der Waals surface area contributed by atoms with Crippen molar-refractivity contribution in [3.8, 4) is 0 Å². The van der Waals surface area contributed by atoms with Crippen molar-refractivity contribution in [2.24, 2.45) is 0 Å². The second-order valence-corrected chi connectivity index (χ2v) is 6.40. The Morgan fingerprint density at radius 3 is 2.96 bits per heavy atom. The highest BCUT2D eigenvalue weighted by atomic mass is 19.1. The van der Waals surface area contributed by atoms with Gasteiger partial charge in [0.25, 0.3) is 5.91 Å². The first-order valence-corrected chi connectivity index (χ1v) is 8.25. The molecule has 1 aromatic heterocycles. The monoisotopic (exact) mass is 314 g/mol. The lowest BCUT2D eigenvalue weighted by atomic mass is 9.96. The van der Waals surface area contributed by atoms with Gasteiger partial charge in [0, 0.05) is 24.6 Å². The van der Waals surface area contributed by atoms with Crippen molar-refractivity contribution in [3.05, 3.63) is 52.7 Å². The molecule has 1 atom stereocenters. The van der Waals surface area contributed by atoms with E-state index >= 15 is 0 Å². The Labute approximate surface area is 134 Å². The Morgan fingerprint density at radius 1 is 1.26 bits per heavy atom. The van der Waals surface area contributed by atoms with Crippen molar-refractivity contribution >= 4 is 5.91 Å². The third-order valence-electron chi connectivity index (χ3n) is 4.97. The third-order valence-corrected chi connectivity index (χ3v) is 4.97. The average molecular weight is 314 g/mol. The summed E-state index contributed by atoms with van der Waals surface area (Å²) in [5.41, 5.74) is 2.61. The molecule has 0 spiro atoms. The predicted molar refractivity (Wildman–Crippen MR) is 82.8 cm³/mol. The van der Waals surface area contributed by atoms with Crippen LogP contribution in [0.5, 0.6) is 0 Å². The largest absolute Gasteiger partial charge is 0.350 e. The smallest absolute Gasteiger partial charge is 0.292 e. The molecule has 4 rings (SSSR count). The van der Waals surface area contributed by atoms with Crippen molar-refractivity contribution in [1.82, 2.24) is 10.1 Å². The topological polar surface area (TPSA) is 46.3 Å². The zero-order chi connectivity index (χ0) is 15.8. The number of aryl methyl sites for hydroxylation is 1. The van der Waals surface area contributed by atoms with E-state index in [0.717, 1.165) is 43.4 Å². The molecule has 0 N–H and O–H groups in total. The van der Waals surface area contributed by atoms with Gasteiger partial charge >= 0.3 is 0 Å². The normalized spacial score (nSPS) is 20.6. The number of rotatable bonds is 2. The summed E-state index contributed by atoms with van der Waals surface area (Å²) in [4.78, 5) is 14.5. The maximum absolute atomic E-state index is 13.9. The minimum absolute atomic E-state index is 0.0545. The predicted octanol–water partition coefficient (Wildman–Crippen LogP) is 3.32. The summed E-state index contributed by atoms with van der Waals surface area (Å²) in [7, 11) is 0. The first-order chi connectivity index (χ1) is 11.2. The molecule has 0 bridgehead atoms. The molecule has 1 aliphatic carbocycles. The van der Waals surface area contributed by atoms with Gasteiger partial charge in [-0.1, -0.05) is 23.4 Å². The molecule has 120 valence electrons. The van der Waals surface area contributed by atoms with Crippen molar-refractivity contribution in [2.75, 3.05) is 13.1 Å². The van der Waals surface area contributed by atoms with Crippen molar-refractivity contribution in [2.45, 2.75) is 38.0 Å². The molecular weight excluding hydrogens is 295 g/mol. The van der Waals surface area contributed by atoms with Crippen LogP contribution in [-0.2, 0) is 12.8 Å². The second-order valence-electron chi connectivity index (χ2n) is 6.40. The van der Waals surface area contributed by atoms with E-state index in [1.807, 2.05) is 12.1 Å². The molecule has 5 heteroatoms. The van der Waals surface area contributed by atoms with Crippen LogP contribution in [0.3, 0.4) is 0 Å². The van der Waals surface area contributed by atoms with Gasteiger partial charge in [-0.05, 0) is 43.7 Å². The zero-order valence-electron chi connectivity index (χ0n) is 12.9. The van der Waals surface area contributed by atoms with E-state index in [1.165, 1.54) is 6.07 Å². The van der Waals surface area contributed by atoms with Crippen LogP contribution in [0, 0.1) is 5.82 Å². The van der Waals surface area contributed by atoms with Crippen LogP contribution in [0.25, 0.3) is 0 Å². The van der Waals surface area contributed by atoms with Gasteiger partial charge in [-0.2, -0.15) is 0 Å². The number of nitrogens with zero attached hydrogens (tertiary/aromatic N) is 2. The van der Waals surface area contributed by atoms with Crippen LogP contribution in [0.2, 0.25) is 0 Å². The summed E-state index contributed by atoms with van der Waals surface area (Å²) in [5.74, 6) is 0.163. The quantitative estimate of drug-likeness (QED) is 0.854. The fourth-order valence-electron chi connectivity index (χ4n) is 3.71. The minimum atomic E-state index is -0.191. The Hall–Kier alpha value is -2.17. The number of benzene rings is 1. The SMILES string of the molecule is O=C(c1onc2c1CCCC2)N1CC[C@@H](c2ccccc2F)C1. The Morgan fingerprint density at radius 2 is 2.09 bits per heavy atom.